The Bertz CT molecular complexity index is 1260. The molecule has 1 aliphatic heterocycles. The fourth-order valence-electron chi connectivity index (χ4n) is 3.79. The van der Waals surface area contributed by atoms with E-state index in [0.717, 1.165) is 40.2 Å². The molecule has 1 aliphatic rings. The van der Waals surface area contributed by atoms with E-state index in [1.54, 1.807) is 12.1 Å². The van der Waals surface area contributed by atoms with Gasteiger partial charge in [-0.3, -0.25) is 4.79 Å². The van der Waals surface area contributed by atoms with Gasteiger partial charge in [-0.25, -0.2) is 9.97 Å². The number of primary amides is 1. The highest BCUT2D eigenvalue weighted by Crippen LogP contribution is 2.34. The van der Waals surface area contributed by atoms with Gasteiger partial charge < -0.3 is 15.8 Å². The second-order valence-corrected chi connectivity index (χ2v) is 8.17. The Morgan fingerprint density at radius 1 is 1.13 bits per heavy atom. The standard InChI is InChI=1S/C23H21N5O2S/c24-21(29)17-9-4-8-16-19(17)28-31-20(16)23-26-18-13-30-11-5-10-15(18)22(27-23)25-12-14-6-2-1-3-7-14/h1-4,6-9H,5,10-13H2,(H2,24,29)(H,25,26,27). The highest BCUT2D eigenvalue weighted by Gasteiger charge is 2.21. The van der Waals surface area contributed by atoms with E-state index in [0.29, 0.717) is 36.7 Å². The van der Waals surface area contributed by atoms with Crippen molar-refractivity contribution in [1.82, 2.24) is 14.3 Å². The van der Waals surface area contributed by atoms with E-state index in [1.165, 1.54) is 17.1 Å². The quantitative estimate of drug-likeness (QED) is 0.496. The highest BCUT2D eigenvalue weighted by molar-refractivity contribution is 7.11. The average molecular weight is 432 g/mol. The third kappa shape index (κ3) is 3.87. The maximum atomic E-state index is 11.8. The van der Waals surface area contributed by atoms with Crippen LogP contribution in [0.2, 0.25) is 0 Å². The van der Waals surface area contributed by atoms with Crippen LogP contribution in [0.15, 0.2) is 48.5 Å². The van der Waals surface area contributed by atoms with Crippen LogP contribution in [-0.2, 0) is 24.3 Å². The van der Waals surface area contributed by atoms with E-state index in [-0.39, 0.29) is 0 Å². The zero-order chi connectivity index (χ0) is 21.2. The number of hydrogen-bond donors (Lipinski definition) is 2. The second-order valence-electron chi connectivity index (χ2n) is 7.39. The van der Waals surface area contributed by atoms with Crippen molar-refractivity contribution in [2.75, 3.05) is 11.9 Å². The third-order valence-electron chi connectivity index (χ3n) is 5.33. The first-order chi connectivity index (χ1) is 15.2. The molecule has 0 fully saturated rings. The van der Waals surface area contributed by atoms with E-state index < -0.39 is 5.91 Å². The van der Waals surface area contributed by atoms with Gasteiger partial charge in [-0.1, -0.05) is 42.5 Å². The van der Waals surface area contributed by atoms with Gasteiger partial charge in [0.25, 0.3) is 5.91 Å². The minimum absolute atomic E-state index is 0.403. The minimum Gasteiger partial charge on any atom is -0.375 e. The fraction of sp³-hybridized carbons (Fsp3) is 0.217. The van der Waals surface area contributed by atoms with E-state index >= 15 is 0 Å². The summed E-state index contributed by atoms with van der Waals surface area (Å²) in [4.78, 5) is 22.3. The molecular formula is C23H21N5O2S. The summed E-state index contributed by atoms with van der Waals surface area (Å²) in [7, 11) is 0. The molecule has 0 saturated carbocycles. The Labute approximate surface area is 183 Å². The zero-order valence-electron chi connectivity index (χ0n) is 16.8. The molecule has 3 N–H and O–H groups in total. The molecule has 8 heteroatoms. The SMILES string of the molecule is NC(=O)c1cccc2c(-c3nc4c(c(NCc5ccccc5)n3)CCCOC4)snc12. The van der Waals surface area contributed by atoms with Gasteiger partial charge >= 0.3 is 0 Å². The van der Waals surface area contributed by atoms with Gasteiger partial charge in [-0.15, -0.1) is 0 Å². The number of benzene rings is 2. The number of nitrogens with one attached hydrogen (secondary N) is 1. The van der Waals surface area contributed by atoms with Crippen molar-refractivity contribution in [3.63, 3.8) is 0 Å². The first-order valence-corrected chi connectivity index (χ1v) is 10.9. The van der Waals surface area contributed by atoms with E-state index in [4.69, 9.17) is 20.4 Å². The van der Waals surface area contributed by atoms with Crippen molar-refractivity contribution in [3.8, 4) is 10.7 Å². The minimum atomic E-state index is -0.496. The van der Waals surface area contributed by atoms with E-state index in [1.807, 2.05) is 24.3 Å². The number of anilines is 1. The monoisotopic (exact) mass is 431 g/mol. The summed E-state index contributed by atoms with van der Waals surface area (Å²) >= 11 is 1.28. The smallest absolute Gasteiger partial charge is 0.250 e. The summed E-state index contributed by atoms with van der Waals surface area (Å²) in [6.07, 6.45) is 1.79. The van der Waals surface area contributed by atoms with Crippen LogP contribution in [0.25, 0.3) is 21.6 Å². The number of hydrogen-bond acceptors (Lipinski definition) is 7. The van der Waals surface area contributed by atoms with Crippen LogP contribution in [0, 0.1) is 0 Å². The second kappa shape index (κ2) is 8.41. The van der Waals surface area contributed by atoms with Crippen LogP contribution >= 0.6 is 11.5 Å². The molecule has 3 heterocycles. The van der Waals surface area contributed by atoms with E-state index in [9.17, 15) is 4.79 Å². The largest absolute Gasteiger partial charge is 0.375 e. The number of nitrogens with two attached hydrogens (primary N) is 1. The lowest BCUT2D eigenvalue weighted by molar-refractivity contribution is 0.100. The van der Waals surface area contributed by atoms with Gasteiger partial charge in [0.15, 0.2) is 5.82 Å². The molecule has 7 nitrogen and oxygen atoms in total. The number of nitrogens with zero attached hydrogens (tertiary/aromatic N) is 3. The lowest BCUT2D eigenvalue weighted by Gasteiger charge is -2.14. The Hall–Kier alpha value is -3.36. The number of ether oxygens (including phenoxy) is 1. The molecule has 0 radical (unpaired) electrons. The predicted octanol–water partition coefficient (Wildman–Crippen LogP) is 3.93. The zero-order valence-corrected chi connectivity index (χ0v) is 17.6. The molecule has 1 amide bonds. The number of carbonyl (C=O) groups excluding carboxylic acids is 1. The van der Waals surface area contributed by atoms with Crippen LogP contribution in [-0.4, -0.2) is 26.9 Å². The van der Waals surface area contributed by atoms with Crippen molar-refractivity contribution >= 4 is 34.2 Å². The molecule has 0 atom stereocenters. The number of carbonyl (C=O) groups is 1. The molecule has 2 aromatic carbocycles. The van der Waals surface area contributed by atoms with Crippen molar-refractivity contribution in [1.29, 1.82) is 0 Å². The maximum absolute atomic E-state index is 11.8. The Morgan fingerprint density at radius 3 is 2.84 bits per heavy atom. The lowest BCUT2D eigenvalue weighted by atomic mass is 10.1. The molecule has 5 rings (SSSR count). The Balaban J connectivity index is 1.59. The molecular weight excluding hydrogens is 410 g/mol. The van der Waals surface area contributed by atoms with Crippen LogP contribution in [0.4, 0.5) is 5.82 Å². The summed E-state index contributed by atoms with van der Waals surface area (Å²) < 4.78 is 10.2. The molecule has 0 unspecified atom stereocenters. The Morgan fingerprint density at radius 2 is 2.00 bits per heavy atom. The van der Waals surface area contributed by atoms with Gasteiger partial charge in [0, 0.05) is 24.1 Å². The summed E-state index contributed by atoms with van der Waals surface area (Å²) in [5.74, 6) is 0.903. The van der Waals surface area contributed by atoms with Crippen molar-refractivity contribution in [2.24, 2.45) is 5.73 Å². The van der Waals surface area contributed by atoms with Crippen molar-refractivity contribution < 1.29 is 9.53 Å². The first-order valence-electron chi connectivity index (χ1n) is 10.1. The molecule has 2 aromatic heterocycles. The van der Waals surface area contributed by atoms with Gasteiger partial charge in [-0.2, -0.15) is 4.37 Å². The van der Waals surface area contributed by atoms with Gasteiger partial charge in [0.1, 0.15) is 10.7 Å². The predicted molar refractivity (Wildman–Crippen MR) is 121 cm³/mol. The van der Waals surface area contributed by atoms with Crippen LogP contribution in [0.1, 0.15) is 33.6 Å². The van der Waals surface area contributed by atoms with Gasteiger partial charge in [0.05, 0.1) is 23.4 Å². The average Bonchev–Trinajstić information content (AvgIpc) is 3.08. The number of rotatable bonds is 5. The van der Waals surface area contributed by atoms with Crippen LogP contribution in [0.3, 0.4) is 0 Å². The number of amides is 1. The van der Waals surface area contributed by atoms with Crippen LogP contribution in [0.5, 0.6) is 0 Å². The highest BCUT2D eigenvalue weighted by atomic mass is 32.1. The van der Waals surface area contributed by atoms with Gasteiger partial charge in [-0.05, 0) is 36.0 Å². The molecule has 0 saturated heterocycles. The van der Waals surface area contributed by atoms with Gasteiger partial charge in [0.2, 0.25) is 0 Å². The summed E-state index contributed by atoms with van der Waals surface area (Å²) in [6.45, 7) is 1.82. The molecule has 0 aliphatic carbocycles. The first kappa shape index (κ1) is 19.6. The summed E-state index contributed by atoms with van der Waals surface area (Å²) in [5.41, 5.74) is 9.68. The van der Waals surface area contributed by atoms with E-state index in [2.05, 4.69) is 21.8 Å². The topological polar surface area (TPSA) is 103 Å². The summed E-state index contributed by atoms with van der Waals surface area (Å²) in [5, 5.41) is 4.32. The van der Waals surface area contributed by atoms with Crippen molar-refractivity contribution in [3.05, 3.63) is 70.9 Å². The summed E-state index contributed by atoms with van der Waals surface area (Å²) in [6, 6.07) is 15.6. The normalized spacial score (nSPS) is 13.5. The molecule has 0 spiro atoms. The third-order valence-corrected chi connectivity index (χ3v) is 6.19. The molecule has 0 bridgehead atoms. The van der Waals surface area contributed by atoms with Crippen LogP contribution < -0.4 is 11.1 Å². The molecule has 4 aromatic rings. The Kier molecular flexibility index (Phi) is 5.31. The maximum Gasteiger partial charge on any atom is 0.250 e. The molecule has 31 heavy (non-hydrogen) atoms. The number of fused-ring (bicyclic) bond motifs is 2. The molecule has 156 valence electrons. The lowest BCUT2D eigenvalue weighted by Crippen LogP contribution is -2.11. The number of aromatic nitrogens is 3. The van der Waals surface area contributed by atoms with Crippen molar-refractivity contribution in [2.45, 2.75) is 26.0 Å². The fourth-order valence-corrected chi connectivity index (χ4v) is 4.60.